The van der Waals surface area contributed by atoms with Crippen LogP contribution in [0.2, 0.25) is 0 Å². The fraction of sp³-hybridized carbons (Fsp3) is 0.409. The largest absolute Gasteiger partial charge is 0.338 e. The van der Waals surface area contributed by atoms with Crippen molar-refractivity contribution in [1.29, 1.82) is 0 Å². The number of carbonyl (C=O) groups excluding carboxylic acids is 3. The van der Waals surface area contributed by atoms with Crippen molar-refractivity contribution in [3.63, 3.8) is 0 Å². The molecule has 2 aromatic rings. The topological polar surface area (TPSA) is 103 Å². The highest BCUT2D eigenvalue weighted by Crippen LogP contribution is 2.22. The molecular formula is C22H28BrN5O3S. The molecule has 0 saturated carbocycles. The molecule has 0 radical (unpaired) electrons. The summed E-state index contributed by atoms with van der Waals surface area (Å²) in [5.74, 6) is -0.764. The number of amides is 4. The number of nitrogens with one attached hydrogen (secondary N) is 4. The van der Waals surface area contributed by atoms with Crippen molar-refractivity contribution in [2.24, 2.45) is 0 Å². The summed E-state index contributed by atoms with van der Waals surface area (Å²) in [6.45, 7) is 4.21. The lowest BCUT2D eigenvalue weighted by Crippen LogP contribution is -2.52. The Hall–Kier alpha value is -2.43. The first-order valence-electron chi connectivity index (χ1n) is 10.5. The molecule has 2 heterocycles. The minimum Gasteiger partial charge on any atom is -0.338 e. The Morgan fingerprint density at radius 2 is 1.84 bits per heavy atom. The van der Waals surface area contributed by atoms with Gasteiger partial charge in [-0.15, -0.1) is 11.3 Å². The summed E-state index contributed by atoms with van der Waals surface area (Å²) in [7, 11) is 2.11. The Kier molecular flexibility index (Phi) is 8.66. The molecule has 3 rings (SSSR count). The first-order valence-corrected chi connectivity index (χ1v) is 12.2. The standard InChI is InChI=1S/C22H28BrN5O3S/c1-3-24-22(31)25-13-17(27-21(30)18-6-7-19(23)32-18)20(29)26-16-5-4-14-8-10-28(2)11-9-15(14)12-16/h4-7,12,17H,3,8-11,13H2,1-2H3,(H,26,29)(H,27,30)(H2,24,25,31)/t17-/m1/s1. The van der Waals surface area contributed by atoms with E-state index >= 15 is 0 Å². The molecule has 1 aliphatic heterocycles. The van der Waals surface area contributed by atoms with Crippen LogP contribution in [0.3, 0.4) is 0 Å². The summed E-state index contributed by atoms with van der Waals surface area (Å²) in [4.78, 5) is 40.3. The van der Waals surface area contributed by atoms with Gasteiger partial charge < -0.3 is 26.2 Å². The number of benzene rings is 1. The number of anilines is 1. The summed E-state index contributed by atoms with van der Waals surface area (Å²) >= 11 is 4.61. The maximum atomic E-state index is 13.0. The fourth-order valence-corrected chi connectivity index (χ4v) is 4.73. The van der Waals surface area contributed by atoms with Gasteiger partial charge >= 0.3 is 6.03 Å². The van der Waals surface area contributed by atoms with Crippen LogP contribution in [0.25, 0.3) is 0 Å². The second kappa shape index (κ2) is 11.4. The Balaban J connectivity index is 1.71. The Labute approximate surface area is 200 Å². The summed E-state index contributed by atoms with van der Waals surface area (Å²) < 4.78 is 0.819. The molecule has 4 N–H and O–H groups in total. The van der Waals surface area contributed by atoms with Gasteiger partial charge in [0.1, 0.15) is 6.04 Å². The molecular weight excluding hydrogens is 494 g/mol. The zero-order valence-corrected chi connectivity index (χ0v) is 20.6. The summed E-state index contributed by atoms with van der Waals surface area (Å²) in [5.41, 5.74) is 3.18. The first-order chi connectivity index (χ1) is 15.4. The molecule has 0 saturated heterocycles. The van der Waals surface area contributed by atoms with Crippen LogP contribution < -0.4 is 21.3 Å². The molecule has 1 aliphatic rings. The minimum atomic E-state index is -0.934. The van der Waals surface area contributed by atoms with E-state index < -0.39 is 18.0 Å². The maximum Gasteiger partial charge on any atom is 0.314 e. The van der Waals surface area contributed by atoms with Crippen LogP contribution in [0.4, 0.5) is 10.5 Å². The predicted molar refractivity (Wildman–Crippen MR) is 130 cm³/mol. The van der Waals surface area contributed by atoms with Crippen molar-refractivity contribution in [2.45, 2.75) is 25.8 Å². The third-order valence-corrected chi connectivity index (χ3v) is 6.84. The van der Waals surface area contributed by atoms with Gasteiger partial charge in [0.05, 0.1) is 8.66 Å². The molecule has 0 aliphatic carbocycles. The molecule has 4 amide bonds. The number of rotatable bonds is 7. The molecule has 0 spiro atoms. The average Bonchev–Trinajstić information content (AvgIpc) is 3.12. The van der Waals surface area contributed by atoms with Crippen LogP contribution in [0, 0.1) is 0 Å². The molecule has 1 aromatic heterocycles. The zero-order valence-electron chi connectivity index (χ0n) is 18.2. The van der Waals surface area contributed by atoms with Crippen molar-refractivity contribution in [1.82, 2.24) is 20.9 Å². The van der Waals surface area contributed by atoms with Crippen molar-refractivity contribution < 1.29 is 14.4 Å². The Morgan fingerprint density at radius 3 is 2.53 bits per heavy atom. The van der Waals surface area contributed by atoms with E-state index in [1.807, 2.05) is 18.2 Å². The molecule has 1 aromatic carbocycles. The second-order valence-electron chi connectivity index (χ2n) is 7.65. The fourth-order valence-electron chi connectivity index (χ4n) is 3.44. The molecule has 0 fully saturated rings. The highest BCUT2D eigenvalue weighted by Gasteiger charge is 2.23. The van der Waals surface area contributed by atoms with Gasteiger partial charge in [0.25, 0.3) is 5.91 Å². The van der Waals surface area contributed by atoms with Gasteiger partial charge in [-0.3, -0.25) is 9.59 Å². The van der Waals surface area contributed by atoms with E-state index in [1.54, 1.807) is 19.1 Å². The highest BCUT2D eigenvalue weighted by molar-refractivity contribution is 9.11. The summed E-state index contributed by atoms with van der Waals surface area (Å²) in [6.07, 6.45) is 1.90. The third kappa shape index (κ3) is 6.78. The van der Waals surface area contributed by atoms with E-state index in [0.717, 1.165) is 29.7 Å². The number of hydrogen-bond donors (Lipinski definition) is 4. The van der Waals surface area contributed by atoms with E-state index in [4.69, 9.17) is 0 Å². The molecule has 0 bridgehead atoms. The van der Waals surface area contributed by atoms with E-state index in [1.165, 1.54) is 22.5 Å². The lowest BCUT2D eigenvalue weighted by molar-refractivity contribution is -0.117. The molecule has 10 heteroatoms. The van der Waals surface area contributed by atoms with Gasteiger partial charge in [-0.2, -0.15) is 0 Å². The van der Waals surface area contributed by atoms with Crippen LogP contribution in [0.1, 0.15) is 27.7 Å². The summed E-state index contributed by atoms with van der Waals surface area (Å²) in [5, 5.41) is 10.9. The summed E-state index contributed by atoms with van der Waals surface area (Å²) in [6, 6.07) is 8.05. The van der Waals surface area contributed by atoms with Gasteiger partial charge in [-0.05, 0) is 78.1 Å². The molecule has 8 nitrogen and oxygen atoms in total. The van der Waals surface area contributed by atoms with Crippen LogP contribution in [0.15, 0.2) is 34.1 Å². The number of hydrogen-bond acceptors (Lipinski definition) is 5. The lowest BCUT2D eigenvalue weighted by atomic mass is 10.0. The SMILES string of the molecule is CCNC(=O)NC[C@@H](NC(=O)c1ccc(Br)s1)C(=O)Nc1ccc2c(c1)CCN(C)CC2. The lowest BCUT2D eigenvalue weighted by Gasteiger charge is -2.19. The smallest absolute Gasteiger partial charge is 0.314 e. The predicted octanol–water partition coefficient (Wildman–Crippen LogP) is 2.60. The third-order valence-electron chi connectivity index (χ3n) is 5.22. The number of carbonyl (C=O) groups is 3. The van der Waals surface area contributed by atoms with Crippen molar-refractivity contribution in [3.8, 4) is 0 Å². The number of nitrogens with zero attached hydrogens (tertiary/aromatic N) is 1. The van der Waals surface area contributed by atoms with E-state index in [2.05, 4.69) is 49.1 Å². The van der Waals surface area contributed by atoms with Crippen molar-refractivity contribution in [2.75, 3.05) is 38.5 Å². The normalized spacial score (nSPS) is 14.6. The molecule has 32 heavy (non-hydrogen) atoms. The minimum absolute atomic E-state index is 0.0360. The maximum absolute atomic E-state index is 13.0. The zero-order chi connectivity index (χ0) is 23.1. The van der Waals surface area contributed by atoms with Gasteiger partial charge in [-0.25, -0.2) is 4.79 Å². The number of urea groups is 1. The molecule has 1 atom stereocenters. The van der Waals surface area contributed by atoms with Gasteiger partial charge in [0.15, 0.2) is 0 Å². The first kappa shape index (κ1) is 24.2. The van der Waals surface area contributed by atoms with Crippen LogP contribution in [-0.4, -0.2) is 62.0 Å². The quantitative estimate of drug-likeness (QED) is 0.449. The molecule has 172 valence electrons. The van der Waals surface area contributed by atoms with E-state index in [-0.39, 0.29) is 12.5 Å². The van der Waals surface area contributed by atoms with Gasteiger partial charge in [-0.1, -0.05) is 6.07 Å². The van der Waals surface area contributed by atoms with Crippen molar-refractivity contribution >= 4 is 50.8 Å². The number of likely N-dealkylation sites (N-methyl/N-ethyl adjacent to an activating group) is 1. The Morgan fingerprint density at radius 1 is 1.09 bits per heavy atom. The van der Waals surface area contributed by atoms with Crippen LogP contribution >= 0.6 is 27.3 Å². The van der Waals surface area contributed by atoms with Gasteiger partial charge in [0, 0.05) is 31.9 Å². The Bertz CT molecular complexity index is 980. The van der Waals surface area contributed by atoms with Gasteiger partial charge in [0.2, 0.25) is 5.91 Å². The van der Waals surface area contributed by atoms with E-state index in [0.29, 0.717) is 17.1 Å². The second-order valence-corrected chi connectivity index (χ2v) is 10.1. The van der Waals surface area contributed by atoms with Crippen molar-refractivity contribution in [3.05, 3.63) is 50.1 Å². The number of thiophene rings is 1. The van der Waals surface area contributed by atoms with Crippen LogP contribution in [0.5, 0.6) is 0 Å². The highest BCUT2D eigenvalue weighted by atomic mass is 79.9. The van der Waals surface area contributed by atoms with Crippen LogP contribution in [-0.2, 0) is 17.6 Å². The monoisotopic (exact) mass is 521 g/mol. The molecule has 0 unspecified atom stereocenters. The number of fused-ring (bicyclic) bond motifs is 1. The number of halogens is 1. The average molecular weight is 522 g/mol. The van der Waals surface area contributed by atoms with E-state index in [9.17, 15) is 14.4 Å².